The van der Waals surface area contributed by atoms with E-state index < -0.39 is 0 Å². The van der Waals surface area contributed by atoms with Gasteiger partial charge in [0.25, 0.3) is 5.91 Å². The van der Waals surface area contributed by atoms with Gasteiger partial charge in [-0.25, -0.2) is 0 Å². The molecule has 3 rings (SSSR count). The van der Waals surface area contributed by atoms with Crippen molar-refractivity contribution in [3.8, 4) is 0 Å². The minimum atomic E-state index is 0.0145. The summed E-state index contributed by atoms with van der Waals surface area (Å²) in [5, 5.41) is 7.33. The van der Waals surface area contributed by atoms with Crippen LogP contribution in [0.15, 0.2) is 24.5 Å². The second-order valence-electron chi connectivity index (χ2n) is 6.21. The fourth-order valence-corrected chi connectivity index (χ4v) is 2.97. The van der Waals surface area contributed by atoms with E-state index in [1.165, 1.54) is 12.0 Å². The number of carbonyl (C=O) groups excluding carboxylic acids is 1. The fraction of sp³-hybridized carbons (Fsp3) is 0.471. The Hall–Kier alpha value is -2.17. The zero-order valence-electron chi connectivity index (χ0n) is 13.2. The van der Waals surface area contributed by atoms with Crippen LogP contribution < -0.4 is 0 Å². The van der Waals surface area contributed by atoms with E-state index in [0.29, 0.717) is 18.2 Å². The lowest BCUT2D eigenvalue weighted by Crippen LogP contribution is -2.30. The van der Waals surface area contributed by atoms with Crippen LogP contribution in [0.4, 0.5) is 0 Å². The summed E-state index contributed by atoms with van der Waals surface area (Å²) < 4.78 is 0. The van der Waals surface area contributed by atoms with Gasteiger partial charge in [0.2, 0.25) is 0 Å². The molecule has 1 aliphatic carbocycles. The Balaban J connectivity index is 1.67. The Labute approximate surface area is 130 Å². The van der Waals surface area contributed by atoms with E-state index >= 15 is 0 Å². The van der Waals surface area contributed by atoms with Crippen LogP contribution in [0, 0.1) is 5.92 Å². The van der Waals surface area contributed by atoms with Gasteiger partial charge in [-0.1, -0.05) is 6.92 Å². The molecule has 5 nitrogen and oxygen atoms in total. The molecule has 1 amide bonds. The lowest BCUT2D eigenvalue weighted by atomic mass is 9.87. The highest BCUT2D eigenvalue weighted by Crippen LogP contribution is 2.26. The topological polar surface area (TPSA) is 61.9 Å². The van der Waals surface area contributed by atoms with Gasteiger partial charge in [0.05, 0.1) is 0 Å². The van der Waals surface area contributed by atoms with Crippen molar-refractivity contribution < 1.29 is 4.79 Å². The minimum Gasteiger partial charge on any atom is -0.340 e. The van der Waals surface area contributed by atoms with Crippen molar-refractivity contribution in [3.05, 3.63) is 47.0 Å². The molecule has 0 saturated heterocycles. The summed E-state index contributed by atoms with van der Waals surface area (Å²) in [6.45, 7) is 2.91. The molecule has 116 valence electrons. The highest BCUT2D eigenvalue weighted by molar-refractivity contribution is 5.93. The highest BCUT2D eigenvalue weighted by Gasteiger charge is 2.26. The van der Waals surface area contributed by atoms with Gasteiger partial charge in [-0.05, 0) is 49.3 Å². The molecule has 0 radical (unpaired) electrons. The average Bonchev–Trinajstić information content (AvgIpc) is 2.95. The van der Waals surface area contributed by atoms with Crippen LogP contribution in [0.3, 0.4) is 0 Å². The van der Waals surface area contributed by atoms with Crippen molar-refractivity contribution in [2.75, 3.05) is 13.6 Å². The normalized spacial score (nSPS) is 17.1. The molecule has 1 N–H and O–H groups in total. The molecular weight excluding hydrogens is 276 g/mol. The molecule has 0 fully saturated rings. The Morgan fingerprint density at radius 3 is 2.95 bits per heavy atom. The number of fused-ring (bicyclic) bond motifs is 1. The van der Waals surface area contributed by atoms with Gasteiger partial charge >= 0.3 is 0 Å². The zero-order chi connectivity index (χ0) is 15.5. The van der Waals surface area contributed by atoms with Crippen LogP contribution in [0.1, 0.15) is 40.7 Å². The number of rotatable bonds is 4. The summed E-state index contributed by atoms with van der Waals surface area (Å²) in [5.41, 5.74) is 4.06. The standard InChI is InChI=1S/C17H22N4O/c1-12-3-4-15-14(11-12)16(20-19-15)17(22)21(2)10-7-13-5-8-18-9-6-13/h5-6,8-9,12H,3-4,7,10-11H2,1-2H3,(H,19,20). The maximum Gasteiger partial charge on any atom is 0.274 e. The number of aromatic amines is 1. The molecule has 0 spiro atoms. The molecule has 1 atom stereocenters. The van der Waals surface area contributed by atoms with E-state index in [9.17, 15) is 4.79 Å². The van der Waals surface area contributed by atoms with Crippen LogP contribution in [0.25, 0.3) is 0 Å². The summed E-state index contributed by atoms with van der Waals surface area (Å²) in [4.78, 5) is 18.4. The van der Waals surface area contributed by atoms with E-state index in [0.717, 1.165) is 30.5 Å². The molecule has 2 heterocycles. The van der Waals surface area contributed by atoms with Crippen LogP contribution in [-0.2, 0) is 19.3 Å². The number of aromatic nitrogens is 3. The Bertz CT molecular complexity index is 650. The van der Waals surface area contributed by atoms with Gasteiger partial charge in [0.15, 0.2) is 5.69 Å². The number of nitrogens with one attached hydrogen (secondary N) is 1. The molecule has 0 aromatic carbocycles. The third-order valence-corrected chi connectivity index (χ3v) is 4.43. The third-order valence-electron chi connectivity index (χ3n) is 4.43. The largest absolute Gasteiger partial charge is 0.340 e. The van der Waals surface area contributed by atoms with E-state index in [1.807, 2.05) is 19.2 Å². The summed E-state index contributed by atoms with van der Waals surface area (Å²) >= 11 is 0. The predicted octanol–water partition coefficient (Wildman–Crippen LogP) is 2.24. The van der Waals surface area contributed by atoms with E-state index in [4.69, 9.17) is 0 Å². The fourth-order valence-electron chi connectivity index (χ4n) is 2.97. The number of nitrogens with zero attached hydrogens (tertiary/aromatic N) is 3. The van der Waals surface area contributed by atoms with Crippen molar-refractivity contribution in [3.63, 3.8) is 0 Å². The van der Waals surface area contributed by atoms with Crippen molar-refractivity contribution in [2.45, 2.75) is 32.6 Å². The Morgan fingerprint density at radius 1 is 1.41 bits per heavy atom. The molecule has 1 aliphatic rings. The highest BCUT2D eigenvalue weighted by atomic mass is 16.2. The smallest absolute Gasteiger partial charge is 0.274 e. The van der Waals surface area contributed by atoms with Crippen molar-refractivity contribution in [1.29, 1.82) is 0 Å². The van der Waals surface area contributed by atoms with Crippen LogP contribution in [-0.4, -0.2) is 39.6 Å². The van der Waals surface area contributed by atoms with Crippen LogP contribution in [0.2, 0.25) is 0 Å². The van der Waals surface area contributed by atoms with Crippen molar-refractivity contribution in [2.24, 2.45) is 5.92 Å². The Kier molecular flexibility index (Phi) is 4.22. The summed E-state index contributed by atoms with van der Waals surface area (Å²) in [6, 6.07) is 3.97. The van der Waals surface area contributed by atoms with Crippen LogP contribution >= 0.6 is 0 Å². The number of H-pyrrole nitrogens is 1. The van der Waals surface area contributed by atoms with E-state index in [1.54, 1.807) is 17.3 Å². The summed E-state index contributed by atoms with van der Waals surface area (Å²) in [7, 11) is 1.84. The molecule has 0 bridgehead atoms. The lowest BCUT2D eigenvalue weighted by Gasteiger charge is -2.20. The molecule has 0 aliphatic heterocycles. The molecule has 2 aromatic rings. The summed E-state index contributed by atoms with van der Waals surface area (Å²) in [5.74, 6) is 0.638. The van der Waals surface area contributed by atoms with Gasteiger partial charge in [0, 0.05) is 37.2 Å². The number of carbonyl (C=O) groups is 1. The maximum atomic E-state index is 12.6. The second-order valence-corrected chi connectivity index (χ2v) is 6.21. The van der Waals surface area contributed by atoms with Gasteiger partial charge in [-0.2, -0.15) is 5.10 Å². The molecular formula is C17H22N4O. The Morgan fingerprint density at radius 2 is 2.18 bits per heavy atom. The van der Waals surface area contributed by atoms with Gasteiger partial charge in [0.1, 0.15) is 0 Å². The molecule has 0 saturated carbocycles. The number of hydrogen-bond acceptors (Lipinski definition) is 3. The van der Waals surface area contributed by atoms with Crippen LogP contribution in [0.5, 0.6) is 0 Å². The first-order valence-electron chi connectivity index (χ1n) is 7.85. The number of hydrogen-bond donors (Lipinski definition) is 1. The number of amides is 1. The first kappa shape index (κ1) is 14.8. The third kappa shape index (κ3) is 3.03. The number of pyridine rings is 1. The SMILES string of the molecule is CC1CCc2[nH]nc(C(=O)N(C)CCc3ccncc3)c2C1. The van der Waals surface area contributed by atoms with E-state index in [-0.39, 0.29) is 5.91 Å². The first-order valence-corrected chi connectivity index (χ1v) is 7.85. The number of likely N-dealkylation sites (N-methyl/N-ethyl adjacent to an activating group) is 1. The monoisotopic (exact) mass is 298 g/mol. The second kappa shape index (κ2) is 6.30. The summed E-state index contributed by atoms with van der Waals surface area (Å²) in [6.07, 6.45) is 7.50. The molecule has 5 heteroatoms. The number of aryl methyl sites for hydroxylation is 1. The lowest BCUT2D eigenvalue weighted by molar-refractivity contribution is 0.0789. The maximum absolute atomic E-state index is 12.6. The molecule has 2 aromatic heterocycles. The van der Waals surface area contributed by atoms with Crippen molar-refractivity contribution >= 4 is 5.91 Å². The minimum absolute atomic E-state index is 0.0145. The van der Waals surface area contributed by atoms with Gasteiger partial charge in [-0.3, -0.25) is 14.9 Å². The average molecular weight is 298 g/mol. The molecule has 22 heavy (non-hydrogen) atoms. The first-order chi connectivity index (χ1) is 10.6. The molecule has 1 unspecified atom stereocenters. The quantitative estimate of drug-likeness (QED) is 0.941. The van der Waals surface area contributed by atoms with Crippen molar-refractivity contribution in [1.82, 2.24) is 20.1 Å². The predicted molar refractivity (Wildman–Crippen MR) is 84.7 cm³/mol. The zero-order valence-corrected chi connectivity index (χ0v) is 13.2. The van der Waals surface area contributed by atoms with Gasteiger partial charge in [-0.15, -0.1) is 0 Å². The van der Waals surface area contributed by atoms with Gasteiger partial charge < -0.3 is 4.90 Å². The van der Waals surface area contributed by atoms with E-state index in [2.05, 4.69) is 22.1 Å².